The fourth-order valence-electron chi connectivity index (χ4n) is 1.33. The molecule has 0 atom stereocenters. The minimum absolute atomic E-state index is 0.0840. The topological polar surface area (TPSA) is 98.7 Å². The lowest BCUT2D eigenvalue weighted by Crippen LogP contribution is -2.34. The highest BCUT2D eigenvalue weighted by Gasteiger charge is 2.07. The molecule has 6 nitrogen and oxygen atoms in total. The van der Waals surface area contributed by atoms with Crippen molar-refractivity contribution < 1.29 is 19.8 Å². The first-order chi connectivity index (χ1) is 8.52. The SMILES string of the molecule is CCC(=O)NCCNC(=O)c1cc(O)cc(O)c1. The Hall–Kier alpha value is -2.24. The number of hydrogen-bond donors (Lipinski definition) is 4. The number of amides is 2. The van der Waals surface area contributed by atoms with E-state index in [1.165, 1.54) is 12.1 Å². The molecule has 0 unspecified atom stereocenters. The van der Waals surface area contributed by atoms with Crippen LogP contribution in [-0.2, 0) is 4.79 Å². The van der Waals surface area contributed by atoms with Crippen molar-refractivity contribution in [3.05, 3.63) is 23.8 Å². The van der Waals surface area contributed by atoms with Gasteiger partial charge >= 0.3 is 0 Å². The molecule has 1 aromatic carbocycles. The van der Waals surface area contributed by atoms with E-state index < -0.39 is 5.91 Å². The summed E-state index contributed by atoms with van der Waals surface area (Å²) in [5.74, 6) is -0.870. The quantitative estimate of drug-likeness (QED) is 0.568. The normalized spacial score (nSPS) is 9.83. The van der Waals surface area contributed by atoms with Gasteiger partial charge in [0.1, 0.15) is 11.5 Å². The van der Waals surface area contributed by atoms with E-state index in [1.54, 1.807) is 6.92 Å². The molecular formula is C12H16N2O4. The summed E-state index contributed by atoms with van der Waals surface area (Å²) >= 11 is 0. The molecule has 0 bridgehead atoms. The number of rotatable bonds is 5. The zero-order chi connectivity index (χ0) is 13.5. The standard InChI is InChI=1S/C12H16N2O4/c1-2-11(17)13-3-4-14-12(18)8-5-9(15)7-10(16)6-8/h5-7,15-16H,2-4H2,1H3,(H,13,17)(H,14,18). The number of aromatic hydroxyl groups is 2. The zero-order valence-corrected chi connectivity index (χ0v) is 10.1. The third kappa shape index (κ3) is 4.32. The second-order valence-electron chi connectivity index (χ2n) is 3.70. The first-order valence-corrected chi connectivity index (χ1v) is 5.61. The number of carbonyl (C=O) groups is 2. The van der Waals surface area contributed by atoms with Crippen molar-refractivity contribution in [1.29, 1.82) is 0 Å². The van der Waals surface area contributed by atoms with Crippen molar-refractivity contribution in [3.8, 4) is 11.5 Å². The van der Waals surface area contributed by atoms with Crippen LogP contribution in [0.3, 0.4) is 0 Å². The smallest absolute Gasteiger partial charge is 0.251 e. The van der Waals surface area contributed by atoms with E-state index in [4.69, 9.17) is 0 Å². The molecule has 6 heteroatoms. The maximum Gasteiger partial charge on any atom is 0.251 e. The summed E-state index contributed by atoms with van der Waals surface area (Å²) in [7, 11) is 0. The van der Waals surface area contributed by atoms with Gasteiger partial charge in [0.2, 0.25) is 5.91 Å². The molecule has 2 amide bonds. The summed E-state index contributed by atoms with van der Waals surface area (Å²) in [6.45, 7) is 2.35. The summed E-state index contributed by atoms with van der Waals surface area (Å²) in [6.07, 6.45) is 0.397. The van der Waals surface area contributed by atoms with Crippen molar-refractivity contribution in [2.24, 2.45) is 0 Å². The van der Waals surface area contributed by atoms with Crippen LogP contribution in [0.2, 0.25) is 0 Å². The summed E-state index contributed by atoms with van der Waals surface area (Å²) in [5.41, 5.74) is 0.161. The Kier molecular flexibility index (Phi) is 4.98. The van der Waals surface area contributed by atoms with E-state index in [9.17, 15) is 19.8 Å². The maximum atomic E-state index is 11.6. The van der Waals surface area contributed by atoms with Crippen LogP contribution in [-0.4, -0.2) is 35.1 Å². The molecule has 0 aliphatic rings. The van der Waals surface area contributed by atoms with E-state index in [0.29, 0.717) is 13.0 Å². The first kappa shape index (κ1) is 13.8. The van der Waals surface area contributed by atoms with Gasteiger partial charge in [-0.2, -0.15) is 0 Å². The molecule has 18 heavy (non-hydrogen) atoms. The molecule has 98 valence electrons. The van der Waals surface area contributed by atoms with Gasteiger partial charge in [0, 0.05) is 31.1 Å². The highest BCUT2D eigenvalue weighted by Crippen LogP contribution is 2.19. The monoisotopic (exact) mass is 252 g/mol. The lowest BCUT2D eigenvalue weighted by atomic mass is 10.2. The van der Waals surface area contributed by atoms with Crippen molar-refractivity contribution in [3.63, 3.8) is 0 Å². The maximum absolute atomic E-state index is 11.6. The predicted molar refractivity (Wildman–Crippen MR) is 65.4 cm³/mol. The lowest BCUT2D eigenvalue weighted by Gasteiger charge is -2.07. The molecule has 0 saturated heterocycles. The molecule has 0 heterocycles. The Bertz CT molecular complexity index is 425. The van der Waals surface area contributed by atoms with E-state index in [0.717, 1.165) is 6.07 Å². The Labute approximate surface area is 105 Å². The van der Waals surface area contributed by atoms with Crippen LogP contribution in [0.5, 0.6) is 11.5 Å². The van der Waals surface area contributed by atoms with Gasteiger partial charge in [-0.3, -0.25) is 9.59 Å². The van der Waals surface area contributed by atoms with Crippen LogP contribution in [0.15, 0.2) is 18.2 Å². The first-order valence-electron chi connectivity index (χ1n) is 5.61. The van der Waals surface area contributed by atoms with Gasteiger partial charge in [-0.25, -0.2) is 0 Å². The molecular weight excluding hydrogens is 236 g/mol. The van der Waals surface area contributed by atoms with E-state index >= 15 is 0 Å². The van der Waals surface area contributed by atoms with Gasteiger partial charge in [-0.1, -0.05) is 6.92 Å². The fraction of sp³-hybridized carbons (Fsp3) is 0.333. The van der Waals surface area contributed by atoms with E-state index in [-0.39, 0.29) is 29.5 Å². The largest absolute Gasteiger partial charge is 0.508 e. The third-order valence-electron chi connectivity index (χ3n) is 2.22. The lowest BCUT2D eigenvalue weighted by molar-refractivity contribution is -0.120. The summed E-state index contributed by atoms with van der Waals surface area (Å²) in [4.78, 5) is 22.5. The summed E-state index contributed by atoms with van der Waals surface area (Å²) in [5, 5.41) is 23.6. The van der Waals surface area contributed by atoms with Crippen LogP contribution < -0.4 is 10.6 Å². The average molecular weight is 252 g/mol. The highest BCUT2D eigenvalue weighted by atomic mass is 16.3. The Morgan fingerprint density at radius 1 is 1.06 bits per heavy atom. The van der Waals surface area contributed by atoms with E-state index in [1.807, 2.05) is 0 Å². The number of phenolic OH excluding ortho intramolecular Hbond substituents is 2. The minimum atomic E-state index is -0.424. The molecule has 0 radical (unpaired) electrons. The average Bonchev–Trinajstić information content (AvgIpc) is 2.32. The summed E-state index contributed by atoms with van der Waals surface area (Å²) < 4.78 is 0. The Balaban J connectivity index is 2.43. The molecule has 1 aromatic rings. The van der Waals surface area contributed by atoms with E-state index in [2.05, 4.69) is 10.6 Å². The second kappa shape index (κ2) is 6.48. The fourth-order valence-corrected chi connectivity index (χ4v) is 1.33. The van der Waals surface area contributed by atoms with Crippen LogP contribution in [0.4, 0.5) is 0 Å². The van der Waals surface area contributed by atoms with Crippen molar-refractivity contribution >= 4 is 11.8 Å². The molecule has 0 aliphatic heterocycles. The summed E-state index contributed by atoms with van der Waals surface area (Å²) in [6, 6.07) is 3.64. The zero-order valence-electron chi connectivity index (χ0n) is 10.1. The molecule has 4 N–H and O–H groups in total. The molecule has 0 spiro atoms. The van der Waals surface area contributed by atoms with Crippen molar-refractivity contribution in [1.82, 2.24) is 10.6 Å². The number of hydrogen-bond acceptors (Lipinski definition) is 4. The van der Waals surface area contributed by atoms with Gasteiger partial charge in [0.25, 0.3) is 5.91 Å². The predicted octanol–water partition coefficient (Wildman–Crippen LogP) is 0.354. The van der Waals surface area contributed by atoms with Crippen molar-refractivity contribution in [2.75, 3.05) is 13.1 Å². The molecule has 0 aliphatic carbocycles. The number of carbonyl (C=O) groups excluding carboxylic acids is 2. The number of nitrogens with one attached hydrogen (secondary N) is 2. The number of phenols is 2. The second-order valence-corrected chi connectivity index (χ2v) is 3.70. The molecule has 0 saturated carbocycles. The van der Waals surface area contributed by atoms with Crippen LogP contribution in [0.1, 0.15) is 23.7 Å². The van der Waals surface area contributed by atoms with Gasteiger partial charge in [-0.15, -0.1) is 0 Å². The van der Waals surface area contributed by atoms with Crippen LogP contribution >= 0.6 is 0 Å². The van der Waals surface area contributed by atoms with Crippen LogP contribution in [0, 0.1) is 0 Å². The van der Waals surface area contributed by atoms with Gasteiger partial charge < -0.3 is 20.8 Å². The van der Waals surface area contributed by atoms with Gasteiger partial charge in [0.05, 0.1) is 0 Å². The Morgan fingerprint density at radius 2 is 1.61 bits per heavy atom. The van der Waals surface area contributed by atoms with Gasteiger partial charge in [0.15, 0.2) is 0 Å². The number of benzene rings is 1. The Morgan fingerprint density at radius 3 is 2.17 bits per heavy atom. The third-order valence-corrected chi connectivity index (χ3v) is 2.22. The molecule has 0 fully saturated rings. The van der Waals surface area contributed by atoms with Crippen molar-refractivity contribution in [2.45, 2.75) is 13.3 Å². The highest BCUT2D eigenvalue weighted by molar-refractivity contribution is 5.95. The van der Waals surface area contributed by atoms with Crippen LogP contribution in [0.25, 0.3) is 0 Å². The molecule has 0 aromatic heterocycles. The minimum Gasteiger partial charge on any atom is -0.508 e. The van der Waals surface area contributed by atoms with Gasteiger partial charge in [-0.05, 0) is 12.1 Å². The molecule has 1 rings (SSSR count).